The molecule has 10 heteroatoms. The zero-order valence-corrected chi connectivity index (χ0v) is 15.9. The Labute approximate surface area is 162 Å². The molecule has 148 valence electrons. The van der Waals surface area contributed by atoms with E-state index < -0.39 is 20.7 Å². The molecule has 1 heterocycles. The minimum absolute atomic E-state index is 0.0252. The van der Waals surface area contributed by atoms with Crippen LogP contribution in [0.3, 0.4) is 0 Å². The van der Waals surface area contributed by atoms with Crippen molar-refractivity contribution in [2.24, 2.45) is 0 Å². The standard InChI is InChI=1S/C18H19N3O6S/c1-28(25,26)17-5-3-2-4-14(17)19-18(22)13-6-7-15(16(12-13)21(23)24)20-8-10-27-11-9-20/h2-7,12H,8-11H2,1H3,(H,19,22). The molecule has 1 aliphatic rings. The van der Waals surface area contributed by atoms with E-state index in [1.54, 1.807) is 12.1 Å². The number of hydrogen-bond donors (Lipinski definition) is 1. The number of benzene rings is 2. The molecule has 9 nitrogen and oxygen atoms in total. The van der Waals surface area contributed by atoms with E-state index in [2.05, 4.69) is 5.32 Å². The molecule has 0 radical (unpaired) electrons. The molecular formula is C18H19N3O6S. The van der Waals surface area contributed by atoms with Gasteiger partial charge in [-0.2, -0.15) is 0 Å². The van der Waals surface area contributed by atoms with Gasteiger partial charge in [-0.05, 0) is 24.3 Å². The maximum absolute atomic E-state index is 12.6. The van der Waals surface area contributed by atoms with Crippen LogP contribution in [0.2, 0.25) is 0 Å². The lowest BCUT2D eigenvalue weighted by Gasteiger charge is -2.28. The number of nitrogens with one attached hydrogen (secondary N) is 1. The van der Waals surface area contributed by atoms with Crippen molar-refractivity contribution in [3.8, 4) is 0 Å². The molecule has 1 aliphatic heterocycles. The summed E-state index contributed by atoms with van der Waals surface area (Å²) < 4.78 is 29.0. The number of hydrogen-bond acceptors (Lipinski definition) is 7. The summed E-state index contributed by atoms with van der Waals surface area (Å²) in [4.78, 5) is 25.4. The van der Waals surface area contributed by atoms with E-state index in [0.717, 1.165) is 6.26 Å². The maximum Gasteiger partial charge on any atom is 0.293 e. The monoisotopic (exact) mass is 405 g/mol. The lowest BCUT2D eigenvalue weighted by atomic mass is 10.1. The lowest BCUT2D eigenvalue weighted by Crippen LogP contribution is -2.36. The molecule has 0 unspecified atom stereocenters. The quantitative estimate of drug-likeness (QED) is 0.597. The molecule has 0 saturated carbocycles. The molecule has 1 amide bonds. The van der Waals surface area contributed by atoms with E-state index in [0.29, 0.717) is 32.0 Å². The first-order valence-corrected chi connectivity index (χ1v) is 10.4. The van der Waals surface area contributed by atoms with Gasteiger partial charge < -0.3 is 15.0 Å². The van der Waals surface area contributed by atoms with Gasteiger partial charge in [-0.25, -0.2) is 8.42 Å². The largest absolute Gasteiger partial charge is 0.378 e. The summed E-state index contributed by atoms with van der Waals surface area (Å²) in [7, 11) is -3.55. The van der Waals surface area contributed by atoms with Crippen LogP contribution in [-0.4, -0.2) is 51.8 Å². The predicted octanol–water partition coefficient (Wildman–Crippen LogP) is 2.09. The van der Waals surface area contributed by atoms with Gasteiger partial charge in [0.05, 0.1) is 28.7 Å². The number of para-hydroxylation sites is 1. The van der Waals surface area contributed by atoms with Crippen LogP contribution in [0.15, 0.2) is 47.4 Å². The van der Waals surface area contributed by atoms with Crippen molar-refractivity contribution in [1.29, 1.82) is 0 Å². The summed E-state index contributed by atoms with van der Waals surface area (Å²) in [6, 6.07) is 10.2. The molecule has 1 saturated heterocycles. The Hall–Kier alpha value is -2.98. The number of anilines is 2. The van der Waals surface area contributed by atoms with E-state index >= 15 is 0 Å². The van der Waals surface area contributed by atoms with Crippen molar-refractivity contribution in [1.82, 2.24) is 0 Å². The molecule has 2 aromatic rings. The first-order chi connectivity index (χ1) is 13.3. The number of nitro benzene ring substituents is 1. The fourth-order valence-corrected chi connectivity index (χ4v) is 3.81. The number of amides is 1. The molecule has 0 aliphatic carbocycles. The highest BCUT2D eigenvalue weighted by atomic mass is 32.2. The van der Waals surface area contributed by atoms with E-state index in [1.165, 1.54) is 30.3 Å². The summed E-state index contributed by atoms with van der Waals surface area (Å²) in [6.07, 6.45) is 1.04. The number of rotatable bonds is 5. The molecule has 0 spiro atoms. The van der Waals surface area contributed by atoms with Gasteiger partial charge in [0, 0.05) is 31.0 Å². The third kappa shape index (κ3) is 4.29. The maximum atomic E-state index is 12.6. The van der Waals surface area contributed by atoms with E-state index in [9.17, 15) is 23.3 Å². The molecule has 3 rings (SSSR count). The number of ether oxygens (including phenoxy) is 1. The molecule has 0 atom stereocenters. The SMILES string of the molecule is CS(=O)(=O)c1ccccc1NC(=O)c1ccc(N2CCOCC2)c([N+](=O)[O-])c1. The van der Waals surface area contributed by atoms with Crippen molar-refractivity contribution in [3.05, 3.63) is 58.1 Å². The number of morpholine rings is 1. The van der Waals surface area contributed by atoms with Crippen molar-refractivity contribution in [3.63, 3.8) is 0 Å². The molecule has 28 heavy (non-hydrogen) atoms. The molecule has 0 bridgehead atoms. The van der Waals surface area contributed by atoms with Gasteiger partial charge in [0.1, 0.15) is 5.69 Å². The Morgan fingerprint density at radius 2 is 1.86 bits per heavy atom. The molecule has 0 aromatic heterocycles. The molecule has 1 N–H and O–H groups in total. The smallest absolute Gasteiger partial charge is 0.293 e. The molecule has 1 fully saturated rings. The predicted molar refractivity (Wildman–Crippen MR) is 104 cm³/mol. The number of carbonyl (C=O) groups excluding carboxylic acids is 1. The normalized spacial score (nSPS) is 14.5. The van der Waals surface area contributed by atoms with Crippen LogP contribution >= 0.6 is 0 Å². The van der Waals surface area contributed by atoms with E-state index in [4.69, 9.17) is 4.74 Å². The summed E-state index contributed by atoms with van der Waals surface area (Å²) in [6.45, 7) is 1.99. The van der Waals surface area contributed by atoms with Crippen LogP contribution in [0.25, 0.3) is 0 Å². The minimum atomic E-state index is -3.55. The average molecular weight is 405 g/mol. The Bertz CT molecular complexity index is 1020. The van der Waals surface area contributed by atoms with Crippen molar-refractivity contribution >= 4 is 32.8 Å². The highest BCUT2D eigenvalue weighted by Gasteiger charge is 2.24. The molecular weight excluding hydrogens is 386 g/mol. The molecule has 2 aromatic carbocycles. The van der Waals surface area contributed by atoms with Gasteiger partial charge in [-0.15, -0.1) is 0 Å². The van der Waals surface area contributed by atoms with Crippen molar-refractivity contribution < 1.29 is 22.9 Å². The second kappa shape index (κ2) is 7.95. The van der Waals surface area contributed by atoms with Gasteiger partial charge in [-0.3, -0.25) is 14.9 Å². The van der Waals surface area contributed by atoms with Crippen molar-refractivity contribution in [2.45, 2.75) is 4.90 Å². The second-order valence-electron chi connectivity index (χ2n) is 6.28. The number of sulfone groups is 1. The first kappa shape index (κ1) is 19.8. The van der Waals surface area contributed by atoms with Crippen LogP contribution in [0.4, 0.5) is 17.1 Å². The van der Waals surface area contributed by atoms with Gasteiger partial charge in [-0.1, -0.05) is 12.1 Å². The zero-order chi connectivity index (χ0) is 20.3. The van der Waals surface area contributed by atoms with Gasteiger partial charge in [0.2, 0.25) is 0 Å². The summed E-state index contributed by atoms with van der Waals surface area (Å²) in [5.74, 6) is -0.632. The number of carbonyl (C=O) groups is 1. The zero-order valence-electron chi connectivity index (χ0n) is 15.1. The summed E-state index contributed by atoms with van der Waals surface area (Å²) >= 11 is 0. The summed E-state index contributed by atoms with van der Waals surface area (Å²) in [5.41, 5.74) is 0.411. The van der Waals surface area contributed by atoms with Crippen LogP contribution in [0.1, 0.15) is 10.4 Å². The van der Waals surface area contributed by atoms with Gasteiger partial charge >= 0.3 is 0 Å². The third-order valence-corrected chi connectivity index (χ3v) is 5.48. The number of nitro groups is 1. The first-order valence-electron chi connectivity index (χ1n) is 8.49. The minimum Gasteiger partial charge on any atom is -0.378 e. The van der Waals surface area contributed by atoms with Crippen LogP contribution in [-0.2, 0) is 14.6 Å². The highest BCUT2D eigenvalue weighted by Crippen LogP contribution is 2.30. The Morgan fingerprint density at radius 1 is 1.18 bits per heavy atom. The topological polar surface area (TPSA) is 119 Å². The highest BCUT2D eigenvalue weighted by molar-refractivity contribution is 7.90. The van der Waals surface area contributed by atoms with Gasteiger partial charge in [0.15, 0.2) is 9.84 Å². The van der Waals surface area contributed by atoms with Crippen LogP contribution in [0.5, 0.6) is 0 Å². The second-order valence-corrected chi connectivity index (χ2v) is 8.27. The number of nitrogens with zero attached hydrogens (tertiary/aromatic N) is 2. The average Bonchev–Trinajstić information content (AvgIpc) is 2.67. The van der Waals surface area contributed by atoms with Crippen LogP contribution in [0, 0.1) is 10.1 Å². The third-order valence-electron chi connectivity index (χ3n) is 4.32. The Kier molecular flexibility index (Phi) is 5.61. The Morgan fingerprint density at radius 3 is 2.50 bits per heavy atom. The summed E-state index contributed by atoms with van der Waals surface area (Å²) in [5, 5.41) is 14.0. The van der Waals surface area contributed by atoms with Gasteiger partial charge in [0.25, 0.3) is 11.6 Å². The fourth-order valence-electron chi connectivity index (χ4n) is 2.97. The van der Waals surface area contributed by atoms with Crippen LogP contribution < -0.4 is 10.2 Å². The Balaban J connectivity index is 1.91. The van der Waals surface area contributed by atoms with E-state index in [-0.39, 0.29) is 21.8 Å². The lowest BCUT2D eigenvalue weighted by molar-refractivity contribution is -0.384. The van der Waals surface area contributed by atoms with E-state index in [1.807, 2.05) is 4.90 Å². The fraction of sp³-hybridized carbons (Fsp3) is 0.278. The van der Waals surface area contributed by atoms with Crippen molar-refractivity contribution in [2.75, 3.05) is 42.8 Å².